The molecule has 0 spiro atoms. The Morgan fingerprint density at radius 3 is 2.50 bits per heavy atom. The topological polar surface area (TPSA) is 58.1 Å². The van der Waals surface area contributed by atoms with Crippen molar-refractivity contribution in [1.29, 1.82) is 0 Å². The highest BCUT2D eigenvalue weighted by Crippen LogP contribution is 2.32. The Kier molecular flexibility index (Phi) is 10.4. The first-order chi connectivity index (χ1) is 12.5. The molecule has 1 aromatic rings. The van der Waals surface area contributed by atoms with Gasteiger partial charge in [0.15, 0.2) is 17.5 Å². The smallest absolute Gasteiger partial charge is 0.387 e. The summed E-state index contributed by atoms with van der Waals surface area (Å²) in [5.74, 6) is 0.953. The number of guanidine groups is 1. The Morgan fingerprint density at radius 2 is 1.92 bits per heavy atom. The predicted octanol–water partition coefficient (Wildman–Crippen LogP) is 2.69. The van der Waals surface area contributed by atoms with Gasteiger partial charge in [0.2, 0.25) is 0 Å². The maximum Gasteiger partial charge on any atom is 0.387 e. The number of nitrogens with zero attached hydrogens (tertiary/aromatic N) is 2. The van der Waals surface area contributed by atoms with Crippen molar-refractivity contribution < 1.29 is 18.3 Å². The first kappa shape index (κ1) is 22.0. The van der Waals surface area contributed by atoms with Gasteiger partial charge in [0.1, 0.15) is 0 Å². The van der Waals surface area contributed by atoms with Gasteiger partial charge in [-0.3, -0.25) is 4.99 Å². The molecule has 0 amide bonds. The third-order valence-electron chi connectivity index (χ3n) is 3.85. The van der Waals surface area contributed by atoms with E-state index >= 15 is 0 Å². The van der Waals surface area contributed by atoms with Crippen LogP contribution in [0.1, 0.15) is 26.3 Å². The average molecular weight is 372 g/mol. The largest absolute Gasteiger partial charge is 0.490 e. The number of aliphatic imine (C=N–C) groups is 1. The van der Waals surface area contributed by atoms with Gasteiger partial charge in [0, 0.05) is 32.2 Å². The number of alkyl halides is 2. The second-order valence-corrected chi connectivity index (χ2v) is 5.44. The molecule has 0 saturated carbocycles. The highest BCUT2D eigenvalue weighted by atomic mass is 19.3. The molecule has 0 aliphatic carbocycles. The van der Waals surface area contributed by atoms with Gasteiger partial charge in [-0.05, 0) is 26.1 Å². The van der Waals surface area contributed by atoms with Gasteiger partial charge in [-0.2, -0.15) is 8.78 Å². The highest BCUT2D eigenvalue weighted by molar-refractivity contribution is 5.79. The van der Waals surface area contributed by atoms with E-state index in [-0.39, 0.29) is 12.3 Å². The molecule has 0 radical (unpaired) electrons. The molecule has 0 heterocycles. The molecule has 6 nitrogen and oxygen atoms in total. The lowest BCUT2D eigenvalue weighted by Crippen LogP contribution is -2.41. The molecule has 0 aliphatic rings. The molecule has 148 valence electrons. The third kappa shape index (κ3) is 7.43. The fraction of sp³-hybridized carbons (Fsp3) is 0.611. The zero-order chi connectivity index (χ0) is 19.4. The summed E-state index contributed by atoms with van der Waals surface area (Å²) in [6, 6.07) is 5.08. The number of benzene rings is 1. The number of hydrogen-bond donors (Lipinski definition) is 2. The molecule has 1 aromatic carbocycles. The Labute approximate surface area is 154 Å². The number of likely N-dealkylation sites (N-methyl/N-ethyl adjacent to an activating group) is 1. The Bertz CT molecular complexity index is 552. The van der Waals surface area contributed by atoms with Crippen LogP contribution in [-0.2, 0) is 6.54 Å². The molecule has 1 rings (SSSR count). The first-order valence-electron chi connectivity index (χ1n) is 8.91. The minimum absolute atomic E-state index is 0.0513. The number of nitrogens with one attached hydrogen (secondary N) is 2. The van der Waals surface area contributed by atoms with Gasteiger partial charge in [-0.15, -0.1) is 0 Å². The Balaban J connectivity index is 2.70. The highest BCUT2D eigenvalue weighted by Gasteiger charge is 2.16. The molecular formula is C18H30F2N4O2. The number of ether oxygens (including phenoxy) is 2. The van der Waals surface area contributed by atoms with Crippen molar-refractivity contribution in [2.75, 3.05) is 39.8 Å². The van der Waals surface area contributed by atoms with Crippen LogP contribution in [0.5, 0.6) is 11.5 Å². The van der Waals surface area contributed by atoms with Crippen molar-refractivity contribution in [2.24, 2.45) is 4.99 Å². The quantitative estimate of drug-likeness (QED) is 0.462. The lowest BCUT2D eigenvalue weighted by molar-refractivity contribution is -0.0520. The SMILES string of the molecule is CCOc1cccc(CNC(=NC)NCCN(CC)CC)c1OC(F)F. The fourth-order valence-electron chi connectivity index (χ4n) is 2.46. The van der Waals surface area contributed by atoms with E-state index in [2.05, 4.69) is 39.1 Å². The van der Waals surface area contributed by atoms with E-state index in [9.17, 15) is 8.78 Å². The zero-order valence-electron chi connectivity index (χ0n) is 16.0. The summed E-state index contributed by atoms with van der Waals surface area (Å²) in [4.78, 5) is 6.45. The lowest BCUT2D eigenvalue weighted by Gasteiger charge is -2.20. The molecule has 26 heavy (non-hydrogen) atoms. The van der Waals surface area contributed by atoms with Gasteiger partial charge in [0.05, 0.1) is 6.61 Å². The molecule has 0 aromatic heterocycles. The van der Waals surface area contributed by atoms with Crippen LogP contribution >= 0.6 is 0 Å². The molecule has 0 aliphatic heterocycles. The number of halogens is 2. The van der Waals surface area contributed by atoms with E-state index in [4.69, 9.17) is 4.74 Å². The second kappa shape index (κ2) is 12.3. The van der Waals surface area contributed by atoms with Crippen LogP contribution in [0.3, 0.4) is 0 Å². The van der Waals surface area contributed by atoms with Crippen molar-refractivity contribution in [2.45, 2.75) is 33.9 Å². The molecule has 0 atom stereocenters. The summed E-state index contributed by atoms with van der Waals surface area (Å²) >= 11 is 0. The maximum absolute atomic E-state index is 12.8. The van der Waals surface area contributed by atoms with Gasteiger partial charge in [0.25, 0.3) is 0 Å². The molecule has 0 unspecified atom stereocenters. The number of hydrogen-bond acceptors (Lipinski definition) is 4. The van der Waals surface area contributed by atoms with E-state index in [1.807, 2.05) is 0 Å². The van der Waals surface area contributed by atoms with Crippen LogP contribution in [0.15, 0.2) is 23.2 Å². The second-order valence-electron chi connectivity index (χ2n) is 5.44. The first-order valence-corrected chi connectivity index (χ1v) is 8.91. The van der Waals surface area contributed by atoms with E-state index in [1.54, 1.807) is 32.2 Å². The number of rotatable bonds is 11. The summed E-state index contributed by atoms with van der Waals surface area (Å²) in [6.45, 7) is 7.37. The standard InChI is InChI=1S/C18H30F2N4O2/c1-5-24(6-2)12-11-22-18(21-4)23-13-14-9-8-10-15(25-7-3)16(14)26-17(19)20/h8-10,17H,5-7,11-13H2,1-4H3,(H2,21,22,23). The van der Waals surface area contributed by atoms with Crippen LogP contribution < -0.4 is 20.1 Å². The van der Waals surface area contributed by atoms with Crippen LogP contribution in [0.25, 0.3) is 0 Å². The molecule has 8 heteroatoms. The third-order valence-corrected chi connectivity index (χ3v) is 3.85. The summed E-state index contributed by atoms with van der Waals surface area (Å²) in [7, 11) is 1.67. The average Bonchev–Trinajstić information content (AvgIpc) is 2.63. The van der Waals surface area contributed by atoms with Crippen molar-refractivity contribution in [3.63, 3.8) is 0 Å². The van der Waals surface area contributed by atoms with Gasteiger partial charge in [-0.25, -0.2) is 0 Å². The minimum Gasteiger partial charge on any atom is -0.490 e. The molecule has 0 bridgehead atoms. The van der Waals surface area contributed by atoms with Crippen LogP contribution in [0, 0.1) is 0 Å². The van der Waals surface area contributed by atoms with Gasteiger partial charge < -0.3 is 25.0 Å². The Morgan fingerprint density at radius 1 is 1.19 bits per heavy atom. The van der Waals surface area contributed by atoms with Gasteiger partial charge >= 0.3 is 6.61 Å². The predicted molar refractivity (Wildman–Crippen MR) is 100 cm³/mol. The lowest BCUT2D eigenvalue weighted by atomic mass is 10.2. The maximum atomic E-state index is 12.8. The monoisotopic (exact) mass is 372 g/mol. The molecule has 2 N–H and O–H groups in total. The normalized spacial score (nSPS) is 11.8. The molecule has 0 saturated heterocycles. The van der Waals surface area contributed by atoms with Crippen molar-refractivity contribution in [3.8, 4) is 11.5 Å². The zero-order valence-corrected chi connectivity index (χ0v) is 16.0. The molecular weight excluding hydrogens is 342 g/mol. The van der Waals surface area contributed by atoms with E-state index in [0.29, 0.717) is 23.9 Å². The van der Waals surface area contributed by atoms with E-state index < -0.39 is 6.61 Å². The van der Waals surface area contributed by atoms with Crippen molar-refractivity contribution in [3.05, 3.63) is 23.8 Å². The van der Waals surface area contributed by atoms with Crippen LogP contribution in [0.2, 0.25) is 0 Å². The summed E-state index contributed by atoms with van der Waals surface area (Å²) in [6.07, 6.45) is 0. The van der Waals surface area contributed by atoms with Crippen LogP contribution in [-0.4, -0.2) is 57.3 Å². The van der Waals surface area contributed by atoms with E-state index in [0.717, 1.165) is 26.2 Å². The van der Waals surface area contributed by atoms with Gasteiger partial charge in [-0.1, -0.05) is 26.0 Å². The van der Waals surface area contributed by atoms with Crippen molar-refractivity contribution >= 4 is 5.96 Å². The fourth-order valence-corrected chi connectivity index (χ4v) is 2.46. The molecule has 0 fully saturated rings. The van der Waals surface area contributed by atoms with Crippen LogP contribution in [0.4, 0.5) is 8.78 Å². The Hall–Kier alpha value is -2.09. The van der Waals surface area contributed by atoms with Crippen molar-refractivity contribution in [1.82, 2.24) is 15.5 Å². The summed E-state index contributed by atoms with van der Waals surface area (Å²) in [5, 5.41) is 6.33. The summed E-state index contributed by atoms with van der Waals surface area (Å²) in [5.41, 5.74) is 0.572. The number of para-hydroxylation sites is 1. The minimum atomic E-state index is -2.91. The summed E-state index contributed by atoms with van der Waals surface area (Å²) < 4.78 is 35.6. The van der Waals surface area contributed by atoms with E-state index in [1.165, 1.54) is 0 Å².